The number of nitrogens with one attached hydrogen (secondary N) is 1. The molecular weight excluding hydrogens is 373 g/mol. The lowest BCUT2D eigenvalue weighted by Gasteiger charge is -2.37. The second-order valence-electron chi connectivity index (χ2n) is 7.56. The number of carbonyl (C=O) groups is 1. The zero-order valence-corrected chi connectivity index (χ0v) is 17.4. The van der Waals surface area contributed by atoms with Crippen LogP contribution in [0, 0.1) is 11.7 Å². The van der Waals surface area contributed by atoms with Gasteiger partial charge < -0.3 is 19.9 Å². The lowest BCUT2D eigenvalue weighted by atomic mass is 9.97. The molecule has 2 saturated heterocycles. The SMILES string of the molecule is CN=C(NCCN1CCN(c2ccc(F)cc2)CC1)N1CCC(C(=O)OC)CC1. The quantitative estimate of drug-likeness (QED) is 0.454. The average Bonchev–Trinajstić information content (AvgIpc) is 2.77. The first-order chi connectivity index (χ1) is 14.1. The van der Waals surface area contributed by atoms with Gasteiger partial charge in [0.1, 0.15) is 5.82 Å². The molecule has 0 aliphatic carbocycles. The van der Waals surface area contributed by atoms with E-state index in [1.807, 2.05) is 12.1 Å². The summed E-state index contributed by atoms with van der Waals surface area (Å²) in [6.07, 6.45) is 1.61. The molecule has 29 heavy (non-hydrogen) atoms. The van der Waals surface area contributed by atoms with E-state index in [1.54, 1.807) is 7.05 Å². The highest BCUT2D eigenvalue weighted by Crippen LogP contribution is 2.19. The van der Waals surface area contributed by atoms with Crippen LogP contribution in [0.15, 0.2) is 29.3 Å². The number of piperazine rings is 1. The van der Waals surface area contributed by atoms with Crippen molar-refractivity contribution in [3.63, 3.8) is 0 Å². The number of piperidine rings is 1. The molecule has 2 aliphatic rings. The fourth-order valence-corrected chi connectivity index (χ4v) is 4.03. The van der Waals surface area contributed by atoms with Gasteiger partial charge in [0.15, 0.2) is 5.96 Å². The molecule has 160 valence electrons. The Hall–Kier alpha value is -2.35. The number of esters is 1. The molecule has 7 nitrogen and oxygen atoms in total. The van der Waals surface area contributed by atoms with Crippen LogP contribution in [0.3, 0.4) is 0 Å². The molecule has 1 aromatic rings. The summed E-state index contributed by atoms with van der Waals surface area (Å²) in [4.78, 5) is 23.0. The predicted molar refractivity (Wildman–Crippen MR) is 113 cm³/mol. The number of benzene rings is 1. The maximum atomic E-state index is 13.1. The van der Waals surface area contributed by atoms with Crippen LogP contribution in [0.5, 0.6) is 0 Å². The van der Waals surface area contributed by atoms with Gasteiger partial charge in [0.05, 0.1) is 13.0 Å². The number of hydrogen-bond acceptors (Lipinski definition) is 5. The van der Waals surface area contributed by atoms with Crippen LogP contribution in [0.2, 0.25) is 0 Å². The average molecular weight is 406 g/mol. The second kappa shape index (κ2) is 10.4. The molecule has 2 heterocycles. The summed E-state index contributed by atoms with van der Waals surface area (Å²) >= 11 is 0. The molecule has 2 aliphatic heterocycles. The van der Waals surface area contributed by atoms with Crippen LogP contribution in [0.4, 0.5) is 10.1 Å². The molecule has 2 fully saturated rings. The van der Waals surface area contributed by atoms with E-state index in [2.05, 4.69) is 25.0 Å². The Balaban J connectivity index is 1.36. The van der Waals surface area contributed by atoms with E-state index in [0.717, 1.165) is 76.8 Å². The minimum atomic E-state index is -0.193. The van der Waals surface area contributed by atoms with Crippen molar-refractivity contribution in [2.24, 2.45) is 10.9 Å². The van der Waals surface area contributed by atoms with E-state index < -0.39 is 0 Å². The normalized spacial score (nSPS) is 19.3. The van der Waals surface area contributed by atoms with Gasteiger partial charge in [0.25, 0.3) is 0 Å². The Labute approximate surface area is 172 Å². The van der Waals surface area contributed by atoms with Gasteiger partial charge in [-0.3, -0.25) is 14.7 Å². The Morgan fingerprint density at radius 2 is 1.79 bits per heavy atom. The van der Waals surface area contributed by atoms with Crippen molar-refractivity contribution in [3.05, 3.63) is 30.1 Å². The number of guanidine groups is 1. The summed E-state index contributed by atoms with van der Waals surface area (Å²) in [6, 6.07) is 6.73. The van der Waals surface area contributed by atoms with Crippen molar-refractivity contribution in [1.29, 1.82) is 0 Å². The monoisotopic (exact) mass is 405 g/mol. The molecule has 1 N–H and O–H groups in total. The van der Waals surface area contributed by atoms with E-state index in [9.17, 15) is 9.18 Å². The van der Waals surface area contributed by atoms with Crippen LogP contribution in [-0.4, -0.2) is 88.2 Å². The molecule has 0 bridgehead atoms. The summed E-state index contributed by atoms with van der Waals surface area (Å²) < 4.78 is 17.9. The van der Waals surface area contributed by atoms with Crippen molar-refractivity contribution in [3.8, 4) is 0 Å². The highest BCUT2D eigenvalue weighted by Gasteiger charge is 2.27. The van der Waals surface area contributed by atoms with Crippen LogP contribution < -0.4 is 10.2 Å². The van der Waals surface area contributed by atoms with Crippen LogP contribution in [0.1, 0.15) is 12.8 Å². The third-order valence-corrected chi connectivity index (χ3v) is 5.82. The van der Waals surface area contributed by atoms with Crippen molar-refractivity contribution in [2.75, 3.05) is 71.4 Å². The first kappa shape index (κ1) is 21.4. The number of halogens is 1. The zero-order valence-electron chi connectivity index (χ0n) is 17.4. The van der Waals surface area contributed by atoms with Gasteiger partial charge in [0.2, 0.25) is 0 Å². The number of rotatable bonds is 5. The maximum Gasteiger partial charge on any atom is 0.308 e. The standard InChI is InChI=1S/C21H32FN5O2/c1-23-21(27-10-7-17(8-11-27)20(28)29-2)24-9-12-25-13-15-26(16-14-25)19-5-3-18(22)4-6-19/h3-6,17H,7-16H2,1-2H3,(H,23,24). The second-order valence-corrected chi connectivity index (χ2v) is 7.56. The number of carbonyl (C=O) groups excluding carboxylic acids is 1. The highest BCUT2D eigenvalue weighted by molar-refractivity contribution is 5.80. The minimum absolute atomic E-state index is 0.00626. The van der Waals surface area contributed by atoms with Crippen LogP contribution in [-0.2, 0) is 9.53 Å². The highest BCUT2D eigenvalue weighted by atomic mass is 19.1. The van der Waals surface area contributed by atoms with E-state index in [0.29, 0.717) is 0 Å². The minimum Gasteiger partial charge on any atom is -0.469 e. The van der Waals surface area contributed by atoms with E-state index in [4.69, 9.17) is 4.74 Å². The van der Waals surface area contributed by atoms with Crippen molar-refractivity contribution < 1.29 is 13.9 Å². The summed E-state index contributed by atoms with van der Waals surface area (Å²) in [5, 5.41) is 3.46. The third kappa shape index (κ3) is 5.82. The number of likely N-dealkylation sites (tertiary alicyclic amines) is 1. The number of ether oxygens (including phenoxy) is 1. The largest absolute Gasteiger partial charge is 0.469 e. The summed E-state index contributed by atoms with van der Waals surface area (Å²) in [5.41, 5.74) is 1.08. The van der Waals surface area contributed by atoms with Gasteiger partial charge in [-0.05, 0) is 37.1 Å². The Kier molecular flexibility index (Phi) is 7.69. The lowest BCUT2D eigenvalue weighted by Crippen LogP contribution is -2.51. The number of hydrogen-bond donors (Lipinski definition) is 1. The first-order valence-corrected chi connectivity index (χ1v) is 10.4. The topological polar surface area (TPSA) is 60.4 Å². The lowest BCUT2D eigenvalue weighted by molar-refractivity contribution is -0.146. The molecule has 0 atom stereocenters. The van der Waals surface area contributed by atoms with E-state index in [-0.39, 0.29) is 17.7 Å². The number of methoxy groups -OCH3 is 1. The van der Waals surface area contributed by atoms with Gasteiger partial charge in [-0.1, -0.05) is 0 Å². The maximum absolute atomic E-state index is 13.1. The Bertz CT molecular complexity index is 681. The molecule has 0 spiro atoms. The van der Waals surface area contributed by atoms with E-state index >= 15 is 0 Å². The molecule has 8 heteroatoms. The molecule has 0 amide bonds. The molecular formula is C21H32FN5O2. The number of nitrogens with zero attached hydrogens (tertiary/aromatic N) is 4. The van der Waals surface area contributed by atoms with Gasteiger partial charge in [-0.15, -0.1) is 0 Å². The third-order valence-electron chi connectivity index (χ3n) is 5.82. The molecule has 0 radical (unpaired) electrons. The fraction of sp³-hybridized carbons (Fsp3) is 0.619. The van der Waals surface area contributed by atoms with Crippen molar-refractivity contribution in [1.82, 2.24) is 15.1 Å². The van der Waals surface area contributed by atoms with Gasteiger partial charge in [0, 0.05) is 65.1 Å². The molecule has 0 saturated carbocycles. The molecule has 0 unspecified atom stereocenters. The predicted octanol–water partition coefficient (Wildman–Crippen LogP) is 1.41. The molecule has 3 rings (SSSR count). The Morgan fingerprint density at radius 1 is 1.14 bits per heavy atom. The molecule has 0 aromatic heterocycles. The summed E-state index contributed by atoms with van der Waals surface area (Å²) in [7, 11) is 3.25. The fourth-order valence-electron chi connectivity index (χ4n) is 4.03. The Morgan fingerprint density at radius 3 is 2.38 bits per heavy atom. The smallest absolute Gasteiger partial charge is 0.308 e. The van der Waals surface area contributed by atoms with Crippen LogP contribution >= 0.6 is 0 Å². The van der Waals surface area contributed by atoms with Crippen molar-refractivity contribution >= 4 is 17.6 Å². The van der Waals surface area contributed by atoms with Gasteiger partial charge >= 0.3 is 5.97 Å². The number of aliphatic imine (C=N–C) groups is 1. The summed E-state index contributed by atoms with van der Waals surface area (Å²) in [5.74, 6) is 0.610. The van der Waals surface area contributed by atoms with Crippen LogP contribution in [0.25, 0.3) is 0 Å². The van der Waals surface area contributed by atoms with Crippen molar-refractivity contribution in [2.45, 2.75) is 12.8 Å². The first-order valence-electron chi connectivity index (χ1n) is 10.4. The van der Waals surface area contributed by atoms with E-state index in [1.165, 1.54) is 19.2 Å². The summed E-state index contributed by atoms with van der Waals surface area (Å²) in [6.45, 7) is 7.29. The molecule has 1 aromatic carbocycles. The zero-order chi connectivity index (χ0) is 20.6. The van der Waals surface area contributed by atoms with Gasteiger partial charge in [-0.25, -0.2) is 4.39 Å². The number of anilines is 1. The van der Waals surface area contributed by atoms with Gasteiger partial charge in [-0.2, -0.15) is 0 Å².